The van der Waals surface area contributed by atoms with Crippen LogP contribution in [0.5, 0.6) is 0 Å². The lowest BCUT2D eigenvalue weighted by Gasteiger charge is -2.18. The zero-order chi connectivity index (χ0) is 37.8. The van der Waals surface area contributed by atoms with Gasteiger partial charge < -0.3 is 14.2 Å². The molecule has 310 valence electrons. The van der Waals surface area contributed by atoms with Crippen molar-refractivity contribution >= 4 is 11.9 Å². The molecule has 5 nitrogen and oxygen atoms in total. The molecular weight excluding hydrogens is 645 g/mol. The van der Waals surface area contributed by atoms with Crippen molar-refractivity contribution in [2.75, 3.05) is 19.8 Å². The lowest BCUT2D eigenvalue weighted by Crippen LogP contribution is -2.30. The van der Waals surface area contributed by atoms with Gasteiger partial charge in [0.05, 0.1) is 6.61 Å². The molecule has 0 radical (unpaired) electrons. The smallest absolute Gasteiger partial charge is 0.306 e. The van der Waals surface area contributed by atoms with Crippen molar-refractivity contribution in [2.24, 2.45) is 0 Å². The molecule has 0 heterocycles. The summed E-state index contributed by atoms with van der Waals surface area (Å²) < 4.78 is 17.2. The highest BCUT2D eigenvalue weighted by Gasteiger charge is 2.17. The van der Waals surface area contributed by atoms with Gasteiger partial charge in [-0.05, 0) is 19.3 Å². The second kappa shape index (κ2) is 44.3. The van der Waals surface area contributed by atoms with Gasteiger partial charge in [0.25, 0.3) is 0 Å². The first-order valence-electron chi connectivity index (χ1n) is 23.6. The molecule has 0 aromatic heterocycles. The Labute approximate surface area is 325 Å². The minimum Gasteiger partial charge on any atom is -0.462 e. The van der Waals surface area contributed by atoms with Crippen LogP contribution in [0.4, 0.5) is 0 Å². The normalized spacial score (nSPS) is 12.0. The van der Waals surface area contributed by atoms with E-state index in [1.54, 1.807) is 0 Å². The molecule has 0 aliphatic rings. The average Bonchev–Trinajstić information content (AvgIpc) is 3.14. The van der Waals surface area contributed by atoms with E-state index in [4.69, 9.17) is 14.2 Å². The quantitative estimate of drug-likeness (QED) is 0.0460. The van der Waals surface area contributed by atoms with Crippen molar-refractivity contribution in [3.63, 3.8) is 0 Å². The molecule has 0 spiro atoms. The Morgan fingerprint density at radius 2 is 0.635 bits per heavy atom. The fourth-order valence-electron chi connectivity index (χ4n) is 7.10. The fraction of sp³-hybridized carbons (Fsp3) is 0.957. The lowest BCUT2D eigenvalue weighted by molar-refractivity contribution is -0.163. The summed E-state index contributed by atoms with van der Waals surface area (Å²) in [6.45, 7) is 7.81. The van der Waals surface area contributed by atoms with Crippen molar-refractivity contribution in [1.82, 2.24) is 0 Å². The fourth-order valence-corrected chi connectivity index (χ4v) is 7.10. The third-order valence-corrected chi connectivity index (χ3v) is 10.6. The van der Waals surface area contributed by atoms with Gasteiger partial charge in [0, 0.05) is 19.4 Å². The van der Waals surface area contributed by atoms with Crippen molar-refractivity contribution in [2.45, 2.75) is 271 Å². The minimum atomic E-state index is -0.519. The van der Waals surface area contributed by atoms with Crippen LogP contribution in [0.3, 0.4) is 0 Å². The number of rotatable bonds is 44. The first kappa shape index (κ1) is 50.9. The van der Waals surface area contributed by atoms with Crippen LogP contribution in [-0.4, -0.2) is 37.9 Å². The predicted molar refractivity (Wildman–Crippen MR) is 224 cm³/mol. The van der Waals surface area contributed by atoms with E-state index < -0.39 is 6.10 Å². The summed E-state index contributed by atoms with van der Waals surface area (Å²) in [5.74, 6) is -0.393. The van der Waals surface area contributed by atoms with Crippen LogP contribution >= 0.6 is 0 Å². The van der Waals surface area contributed by atoms with Crippen LogP contribution in [0, 0.1) is 0 Å². The molecule has 1 unspecified atom stereocenters. The minimum absolute atomic E-state index is 0.0949. The largest absolute Gasteiger partial charge is 0.462 e. The van der Waals surface area contributed by atoms with Crippen molar-refractivity contribution < 1.29 is 23.8 Å². The third kappa shape index (κ3) is 41.7. The van der Waals surface area contributed by atoms with Gasteiger partial charge in [-0.2, -0.15) is 0 Å². The second-order valence-electron chi connectivity index (χ2n) is 16.0. The summed E-state index contributed by atoms with van der Waals surface area (Å²) in [7, 11) is 0. The molecular formula is C47H92O5. The molecule has 0 N–H and O–H groups in total. The summed E-state index contributed by atoms with van der Waals surface area (Å²) in [6, 6.07) is 0. The van der Waals surface area contributed by atoms with Crippen LogP contribution in [0.25, 0.3) is 0 Å². The third-order valence-electron chi connectivity index (χ3n) is 10.6. The van der Waals surface area contributed by atoms with Crippen LogP contribution < -0.4 is 0 Å². The zero-order valence-corrected chi connectivity index (χ0v) is 35.6. The topological polar surface area (TPSA) is 61.8 Å². The summed E-state index contributed by atoms with van der Waals surface area (Å²) >= 11 is 0. The summed E-state index contributed by atoms with van der Waals surface area (Å²) in [5, 5.41) is 0. The number of hydrogen-bond donors (Lipinski definition) is 0. The molecule has 0 saturated carbocycles. The number of ether oxygens (including phenoxy) is 3. The highest BCUT2D eigenvalue weighted by Crippen LogP contribution is 2.16. The molecule has 0 rings (SSSR count). The predicted octanol–water partition coefficient (Wildman–Crippen LogP) is 15.3. The molecule has 0 aliphatic heterocycles. The van der Waals surface area contributed by atoms with E-state index in [2.05, 4.69) is 20.8 Å². The Balaban J connectivity index is 3.92. The van der Waals surface area contributed by atoms with E-state index in [1.165, 1.54) is 193 Å². The van der Waals surface area contributed by atoms with Gasteiger partial charge in [0.15, 0.2) is 6.10 Å². The summed E-state index contributed by atoms with van der Waals surface area (Å²) in [6.07, 6.45) is 47.1. The standard InChI is InChI=1S/C47H92O5/c1-4-7-10-13-15-17-19-20-21-22-23-24-25-26-27-29-31-33-36-39-42-50-43-45(52-47(49)41-38-34-12-9-6-3)44-51-46(48)40-37-35-32-30-28-18-16-14-11-8-5-2/h45H,4-44H2,1-3H3. The van der Waals surface area contributed by atoms with Crippen LogP contribution in [0.2, 0.25) is 0 Å². The van der Waals surface area contributed by atoms with Gasteiger partial charge >= 0.3 is 11.9 Å². The molecule has 0 aromatic rings. The first-order valence-corrected chi connectivity index (χ1v) is 23.6. The van der Waals surface area contributed by atoms with Gasteiger partial charge in [-0.3, -0.25) is 9.59 Å². The van der Waals surface area contributed by atoms with Gasteiger partial charge in [0.1, 0.15) is 6.61 Å². The number of carbonyl (C=O) groups excluding carboxylic acids is 2. The number of unbranched alkanes of at least 4 members (excludes halogenated alkanes) is 33. The van der Waals surface area contributed by atoms with E-state index in [1.807, 2.05) is 0 Å². The Hall–Kier alpha value is -1.10. The van der Waals surface area contributed by atoms with Crippen molar-refractivity contribution in [3.05, 3.63) is 0 Å². The van der Waals surface area contributed by atoms with Crippen LogP contribution in [-0.2, 0) is 23.8 Å². The lowest BCUT2D eigenvalue weighted by atomic mass is 10.0. The number of carbonyl (C=O) groups is 2. The van der Waals surface area contributed by atoms with E-state index in [9.17, 15) is 9.59 Å². The average molecular weight is 737 g/mol. The van der Waals surface area contributed by atoms with Gasteiger partial charge in [-0.15, -0.1) is 0 Å². The molecule has 0 aromatic carbocycles. The highest BCUT2D eigenvalue weighted by atomic mass is 16.6. The van der Waals surface area contributed by atoms with Crippen molar-refractivity contribution in [1.29, 1.82) is 0 Å². The number of hydrogen-bond acceptors (Lipinski definition) is 5. The maximum absolute atomic E-state index is 12.5. The Kier molecular flexibility index (Phi) is 43.4. The van der Waals surface area contributed by atoms with E-state index >= 15 is 0 Å². The maximum atomic E-state index is 12.5. The summed E-state index contributed by atoms with van der Waals surface area (Å²) in [5.41, 5.74) is 0. The van der Waals surface area contributed by atoms with Gasteiger partial charge in [0.2, 0.25) is 0 Å². The van der Waals surface area contributed by atoms with Gasteiger partial charge in [-0.1, -0.05) is 233 Å². The monoisotopic (exact) mass is 737 g/mol. The van der Waals surface area contributed by atoms with Crippen molar-refractivity contribution in [3.8, 4) is 0 Å². The number of esters is 2. The molecule has 0 aliphatic carbocycles. The van der Waals surface area contributed by atoms with Crippen LogP contribution in [0.15, 0.2) is 0 Å². The first-order chi connectivity index (χ1) is 25.6. The van der Waals surface area contributed by atoms with Gasteiger partial charge in [-0.25, -0.2) is 0 Å². The second-order valence-corrected chi connectivity index (χ2v) is 16.0. The highest BCUT2D eigenvalue weighted by molar-refractivity contribution is 5.70. The molecule has 5 heteroatoms. The van der Waals surface area contributed by atoms with E-state index in [-0.39, 0.29) is 18.5 Å². The van der Waals surface area contributed by atoms with E-state index in [0.717, 1.165) is 38.5 Å². The Bertz CT molecular complexity index is 710. The molecule has 1 atom stereocenters. The van der Waals surface area contributed by atoms with Crippen LogP contribution in [0.1, 0.15) is 265 Å². The Morgan fingerprint density at radius 3 is 0.981 bits per heavy atom. The van der Waals surface area contributed by atoms with E-state index in [0.29, 0.717) is 26.1 Å². The maximum Gasteiger partial charge on any atom is 0.306 e. The Morgan fingerprint density at radius 1 is 0.346 bits per heavy atom. The SMILES string of the molecule is CCCCCCCCCCCCCCCCCCCCCCOCC(COC(=O)CCCCCCCCCCCCC)OC(=O)CCCCCCC. The molecule has 52 heavy (non-hydrogen) atoms. The molecule has 0 amide bonds. The molecule has 0 fully saturated rings. The zero-order valence-electron chi connectivity index (χ0n) is 35.6. The summed E-state index contributed by atoms with van der Waals surface area (Å²) in [4.78, 5) is 25.0. The molecule has 0 saturated heterocycles. The molecule has 0 bridgehead atoms.